The average Bonchev–Trinajstić information content (AvgIpc) is 2.96. The minimum atomic E-state index is -0.139. The number of rotatable bonds is 7. The second kappa shape index (κ2) is 8.59. The fourth-order valence-electron chi connectivity index (χ4n) is 5.57. The van der Waals surface area contributed by atoms with E-state index in [9.17, 15) is 4.79 Å². The average molecular weight is 357 g/mol. The molecule has 26 heavy (non-hydrogen) atoms. The number of hydrogen-bond donors (Lipinski definition) is 0. The van der Waals surface area contributed by atoms with E-state index in [1.807, 2.05) is 30.3 Å². The normalized spacial score (nSPS) is 31.0. The molecule has 1 aromatic carbocycles. The van der Waals surface area contributed by atoms with Gasteiger partial charge in [0.2, 0.25) is 0 Å². The van der Waals surface area contributed by atoms with Crippen molar-refractivity contribution in [2.45, 2.75) is 84.7 Å². The summed E-state index contributed by atoms with van der Waals surface area (Å²) in [5, 5.41) is 0. The van der Waals surface area contributed by atoms with Crippen molar-refractivity contribution in [3.05, 3.63) is 35.9 Å². The van der Waals surface area contributed by atoms with E-state index >= 15 is 0 Å². The van der Waals surface area contributed by atoms with Gasteiger partial charge in [0.1, 0.15) is 6.10 Å². The topological polar surface area (TPSA) is 26.3 Å². The molecule has 4 unspecified atom stereocenters. The molecule has 0 heterocycles. The van der Waals surface area contributed by atoms with E-state index in [2.05, 4.69) is 20.8 Å². The highest BCUT2D eigenvalue weighted by Crippen LogP contribution is 2.57. The highest BCUT2D eigenvalue weighted by molar-refractivity contribution is 5.89. The van der Waals surface area contributed by atoms with Crippen LogP contribution >= 0.6 is 0 Å². The first-order valence-corrected chi connectivity index (χ1v) is 10.8. The Kier molecular flexibility index (Phi) is 6.42. The number of esters is 1. The molecule has 2 nitrogen and oxygen atoms in total. The van der Waals surface area contributed by atoms with Gasteiger partial charge in [-0.05, 0) is 67.9 Å². The Bertz CT molecular complexity index is 579. The Balaban J connectivity index is 1.59. The summed E-state index contributed by atoms with van der Waals surface area (Å²) in [7, 11) is 0. The molecule has 3 rings (SSSR count). The predicted molar refractivity (Wildman–Crippen MR) is 107 cm³/mol. The lowest BCUT2D eigenvalue weighted by molar-refractivity contribution is -0.0417. The van der Waals surface area contributed by atoms with Crippen molar-refractivity contribution in [1.82, 2.24) is 0 Å². The third-order valence-electron chi connectivity index (χ3n) is 7.11. The molecule has 1 aromatic rings. The molecule has 0 radical (unpaired) electrons. The Labute approximate surface area is 159 Å². The molecule has 144 valence electrons. The van der Waals surface area contributed by atoms with Crippen molar-refractivity contribution in [3.8, 4) is 0 Å². The summed E-state index contributed by atoms with van der Waals surface area (Å²) in [6, 6.07) is 9.47. The SMILES string of the molecule is CC(C)CCCCC1CCC2C(OC(=O)c3ccccc3)CCCC12C. The summed E-state index contributed by atoms with van der Waals surface area (Å²) in [6.07, 6.45) is 11.7. The van der Waals surface area contributed by atoms with Crippen LogP contribution in [0.3, 0.4) is 0 Å². The first kappa shape index (κ1) is 19.5. The number of hydrogen-bond acceptors (Lipinski definition) is 2. The molecule has 0 saturated heterocycles. The van der Waals surface area contributed by atoms with Crippen molar-refractivity contribution in [1.29, 1.82) is 0 Å². The summed E-state index contributed by atoms with van der Waals surface area (Å²) in [5.74, 6) is 2.05. The van der Waals surface area contributed by atoms with E-state index in [1.54, 1.807) is 0 Å². The molecule has 2 aliphatic rings. The van der Waals surface area contributed by atoms with Crippen LogP contribution in [0.15, 0.2) is 30.3 Å². The lowest BCUT2D eigenvalue weighted by atomic mass is 9.63. The van der Waals surface area contributed by atoms with Gasteiger partial charge < -0.3 is 4.74 Å². The molecule has 0 amide bonds. The molecule has 2 saturated carbocycles. The molecule has 4 atom stereocenters. The van der Waals surface area contributed by atoms with Gasteiger partial charge in [0.15, 0.2) is 0 Å². The van der Waals surface area contributed by atoms with Gasteiger partial charge in [-0.2, -0.15) is 0 Å². The zero-order chi connectivity index (χ0) is 18.6. The molecule has 2 aliphatic carbocycles. The van der Waals surface area contributed by atoms with Crippen LogP contribution < -0.4 is 0 Å². The lowest BCUT2D eigenvalue weighted by Gasteiger charge is -2.44. The van der Waals surface area contributed by atoms with Crippen molar-refractivity contribution >= 4 is 5.97 Å². The summed E-state index contributed by atoms with van der Waals surface area (Å²) in [5.41, 5.74) is 1.06. The van der Waals surface area contributed by atoms with E-state index in [0.29, 0.717) is 16.9 Å². The Morgan fingerprint density at radius 2 is 1.92 bits per heavy atom. The van der Waals surface area contributed by atoms with Crippen LogP contribution in [0.25, 0.3) is 0 Å². The fourth-order valence-corrected chi connectivity index (χ4v) is 5.57. The van der Waals surface area contributed by atoms with Crippen LogP contribution in [0.4, 0.5) is 0 Å². The van der Waals surface area contributed by atoms with Gasteiger partial charge in [0.25, 0.3) is 0 Å². The quantitative estimate of drug-likeness (QED) is 0.404. The molecular weight excluding hydrogens is 320 g/mol. The van der Waals surface area contributed by atoms with Gasteiger partial charge >= 0.3 is 5.97 Å². The maximum atomic E-state index is 12.5. The monoisotopic (exact) mass is 356 g/mol. The standard InChI is InChI=1S/C24H36O2/c1-18(2)10-7-8-13-20-15-16-21-22(14-9-17-24(20,21)3)26-23(25)19-11-5-4-6-12-19/h4-6,11-12,18,20-22H,7-10,13-17H2,1-3H3. The van der Waals surface area contributed by atoms with Crippen molar-refractivity contribution in [2.75, 3.05) is 0 Å². The lowest BCUT2D eigenvalue weighted by Crippen LogP contribution is -2.42. The van der Waals surface area contributed by atoms with E-state index in [0.717, 1.165) is 18.3 Å². The minimum absolute atomic E-state index is 0.113. The van der Waals surface area contributed by atoms with E-state index in [1.165, 1.54) is 51.4 Å². The smallest absolute Gasteiger partial charge is 0.338 e. The highest BCUT2D eigenvalue weighted by atomic mass is 16.5. The van der Waals surface area contributed by atoms with Crippen LogP contribution in [0, 0.1) is 23.2 Å². The molecule has 2 heteroatoms. The highest BCUT2D eigenvalue weighted by Gasteiger charge is 2.51. The van der Waals surface area contributed by atoms with Crippen molar-refractivity contribution < 1.29 is 9.53 Å². The molecule has 0 bridgehead atoms. The van der Waals surface area contributed by atoms with Crippen LogP contribution in [-0.2, 0) is 4.74 Å². The van der Waals surface area contributed by atoms with Crippen molar-refractivity contribution in [2.24, 2.45) is 23.2 Å². The zero-order valence-corrected chi connectivity index (χ0v) is 16.9. The summed E-state index contributed by atoms with van der Waals surface area (Å²) in [6.45, 7) is 7.12. The van der Waals surface area contributed by atoms with Gasteiger partial charge in [0, 0.05) is 5.92 Å². The third kappa shape index (κ3) is 4.32. The second-order valence-corrected chi connectivity index (χ2v) is 9.27. The first-order chi connectivity index (χ1) is 12.5. The van der Waals surface area contributed by atoms with Crippen LogP contribution in [0.2, 0.25) is 0 Å². The van der Waals surface area contributed by atoms with Gasteiger partial charge in [-0.25, -0.2) is 4.79 Å². The number of ether oxygens (including phenoxy) is 1. The predicted octanol–water partition coefficient (Wildman–Crippen LogP) is 6.64. The Morgan fingerprint density at radius 3 is 2.65 bits per heavy atom. The third-order valence-corrected chi connectivity index (χ3v) is 7.11. The number of benzene rings is 1. The fraction of sp³-hybridized carbons (Fsp3) is 0.708. The minimum Gasteiger partial charge on any atom is -0.458 e. The van der Waals surface area contributed by atoms with Gasteiger partial charge in [-0.1, -0.05) is 58.2 Å². The van der Waals surface area contributed by atoms with Crippen LogP contribution in [0.5, 0.6) is 0 Å². The second-order valence-electron chi connectivity index (χ2n) is 9.27. The maximum absolute atomic E-state index is 12.5. The molecular formula is C24H36O2. The van der Waals surface area contributed by atoms with Crippen LogP contribution in [0.1, 0.15) is 88.9 Å². The largest absolute Gasteiger partial charge is 0.458 e. The maximum Gasteiger partial charge on any atom is 0.338 e. The molecule has 0 N–H and O–H groups in total. The Hall–Kier alpha value is -1.31. The van der Waals surface area contributed by atoms with E-state index in [4.69, 9.17) is 4.74 Å². The summed E-state index contributed by atoms with van der Waals surface area (Å²) >= 11 is 0. The molecule has 0 aromatic heterocycles. The van der Waals surface area contributed by atoms with Crippen molar-refractivity contribution in [3.63, 3.8) is 0 Å². The summed E-state index contributed by atoms with van der Waals surface area (Å²) < 4.78 is 6.02. The first-order valence-electron chi connectivity index (χ1n) is 10.8. The number of fused-ring (bicyclic) bond motifs is 1. The molecule has 2 fully saturated rings. The summed E-state index contributed by atoms with van der Waals surface area (Å²) in [4.78, 5) is 12.5. The zero-order valence-electron chi connectivity index (χ0n) is 16.9. The van der Waals surface area contributed by atoms with Gasteiger partial charge in [0.05, 0.1) is 5.56 Å². The van der Waals surface area contributed by atoms with Crippen LogP contribution in [-0.4, -0.2) is 12.1 Å². The number of carbonyl (C=O) groups is 1. The molecule has 0 spiro atoms. The number of unbranched alkanes of at least 4 members (excludes halogenated alkanes) is 1. The van der Waals surface area contributed by atoms with E-state index < -0.39 is 0 Å². The van der Waals surface area contributed by atoms with Gasteiger partial charge in [-0.15, -0.1) is 0 Å². The van der Waals surface area contributed by atoms with Gasteiger partial charge in [-0.3, -0.25) is 0 Å². The number of carbonyl (C=O) groups excluding carboxylic acids is 1. The molecule has 0 aliphatic heterocycles. The van der Waals surface area contributed by atoms with E-state index in [-0.39, 0.29) is 12.1 Å². The Morgan fingerprint density at radius 1 is 1.15 bits per heavy atom.